The van der Waals surface area contributed by atoms with Crippen LogP contribution in [0.25, 0.3) is 0 Å². The smallest absolute Gasteiger partial charge is 0.303 e. The molecule has 0 N–H and O–H groups in total. The summed E-state index contributed by atoms with van der Waals surface area (Å²) in [5, 5.41) is 0. The van der Waals surface area contributed by atoms with Gasteiger partial charge < -0.3 is 4.57 Å². The second-order valence-electron chi connectivity index (χ2n) is 6.03. The quantitative estimate of drug-likeness (QED) is 0.656. The summed E-state index contributed by atoms with van der Waals surface area (Å²) >= 11 is 0. The van der Waals surface area contributed by atoms with E-state index in [-0.39, 0.29) is 17.2 Å². The minimum absolute atomic E-state index is 0.116. The minimum Gasteiger partial charge on any atom is -0.303 e. The first kappa shape index (κ1) is 17.7. The van der Waals surface area contributed by atoms with E-state index in [9.17, 15) is 9.59 Å². The van der Waals surface area contributed by atoms with E-state index in [1.807, 2.05) is 0 Å². The zero-order chi connectivity index (χ0) is 15.8. The van der Waals surface area contributed by atoms with E-state index >= 15 is 0 Å². The van der Waals surface area contributed by atoms with E-state index in [1.54, 1.807) is 20.3 Å². The van der Waals surface area contributed by atoms with Gasteiger partial charge in [0.2, 0.25) is 0 Å². The zero-order valence-electron chi connectivity index (χ0n) is 14.0. The normalized spacial score (nSPS) is 12.6. The first-order chi connectivity index (χ1) is 10.0. The maximum absolute atomic E-state index is 12.4. The first-order valence-electron chi connectivity index (χ1n) is 8.29. The molecule has 120 valence electrons. The molecule has 0 amide bonds. The van der Waals surface area contributed by atoms with Crippen LogP contribution in [0.2, 0.25) is 0 Å². The molecule has 1 rings (SSSR count). The van der Waals surface area contributed by atoms with Gasteiger partial charge in [0, 0.05) is 25.9 Å². The molecule has 21 heavy (non-hydrogen) atoms. The van der Waals surface area contributed by atoms with E-state index in [2.05, 4.69) is 13.8 Å². The van der Waals surface area contributed by atoms with Crippen molar-refractivity contribution in [1.29, 1.82) is 0 Å². The molecule has 4 nitrogen and oxygen atoms in total. The van der Waals surface area contributed by atoms with E-state index in [0.29, 0.717) is 0 Å². The first-order valence-corrected chi connectivity index (χ1v) is 8.29. The van der Waals surface area contributed by atoms with Gasteiger partial charge in [0.1, 0.15) is 0 Å². The Bertz CT molecular complexity index is 543. The molecule has 0 aliphatic heterocycles. The number of hydrogen-bond acceptors (Lipinski definition) is 2. The van der Waals surface area contributed by atoms with E-state index in [4.69, 9.17) is 0 Å². The van der Waals surface area contributed by atoms with Crippen molar-refractivity contribution in [3.8, 4) is 0 Å². The third kappa shape index (κ3) is 4.87. The lowest BCUT2D eigenvalue weighted by Crippen LogP contribution is -2.39. The molecule has 0 saturated heterocycles. The highest BCUT2D eigenvalue weighted by molar-refractivity contribution is 5.12. The van der Waals surface area contributed by atoms with Crippen molar-refractivity contribution in [3.05, 3.63) is 32.6 Å². The van der Waals surface area contributed by atoms with Crippen molar-refractivity contribution in [3.63, 3.8) is 0 Å². The van der Waals surface area contributed by atoms with Crippen LogP contribution in [0.3, 0.4) is 0 Å². The third-order valence-electron chi connectivity index (χ3n) is 4.23. The Labute approximate surface area is 127 Å². The second kappa shape index (κ2) is 8.85. The Morgan fingerprint density at radius 2 is 1.57 bits per heavy atom. The molecule has 0 saturated carbocycles. The van der Waals surface area contributed by atoms with E-state index in [0.717, 1.165) is 37.7 Å². The number of nitrogens with zero attached hydrogens (tertiary/aromatic N) is 2. The van der Waals surface area contributed by atoms with Crippen LogP contribution >= 0.6 is 0 Å². The highest BCUT2D eigenvalue weighted by Gasteiger charge is 2.17. The van der Waals surface area contributed by atoms with Gasteiger partial charge in [-0.25, -0.2) is 4.79 Å². The molecule has 4 heteroatoms. The van der Waals surface area contributed by atoms with Crippen LogP contribution in [0.5, 0.6) is 0 Å². The second-order valence-corrected chi connectivity index (χ2v) is 6.03. The molecule has 0 radical (unpaired) electrons. The monoisotopic (exact) mass is 294 g/mol. The van der Waals surface area contributed by atoms with Crippen molar-refractivity contribution >= 4 is 0 Å². The molecule has 1 aromatic rings. The predicted molar refractivity (Wildman–Crippen MR) is 87.9 cm³/mol. The number of unbranched alkanes of at least 4 members (excludes halogenated alkanes) is 4. The molecule has 1 aromatic heterocycles. The fourth-order valence-electron chi connectivity index (χ4n) is 2.84. The van der Waals surface area contributed by atoms with Crippen LogP contribution in [0.15, 0.2) is 15.8 Å². The van der Waals surface area contributed by atoms with Gasteiger partial charge in [-0.3, -0.25) is 9.36 Å². The highest BCUT2D eigenvalue weighted by atomic mass is 16.2. The predicted octanol–water partition coefficient (Wildman–Crippen LogP) is 3.33. The van der Waals surface area contributed by atoms with Crippen LogP contribution in [-0.2, 0) is 14.1 Å². The molecule has 0 spiro atoms. The lowest BCUT2D eigenvalue weighted by atomic mass is 9.90. The molecule has 0 fully saturated rings. The molecule has 0 aliphatic rings. The molecule has 1 atom stereocenters. The molecule has 1 heterocycles. The molecule has 0 bridgehead atoms. The van der Waals surface area contributed by atoms with Crippen LogP contribution < -0.4 is 11.2 Å². The van der Waals surface area contributed by atoms with Gasteiger partial charge in [0.15, 0.2) is 0 Å². The largest absolute Gasteiger partial charge is 0.330 e. The number of hydrogen-bond donors (Lipinski definition) is 0. The Morgan fingerprint density at radius 1 is 0.952 bits per heavy atom. The zero-order valence-corrected chi connectivity index (χ0v) is 14.0. The van der Waals surface area contributed by atoms with Gasteiger partial charge in [0.05, 0.1) is 0 Å². The van der Waals surface area contributed by atoms with E-state index in [1.165, 1.54) is 28.4 Å². The Morgan fingerprint density at radius 3 is 2.19 bits per heavy atom. The summed E-state index contributed by atoms with van der Waals surface area (Å²) in [6.45, 7) is 4.38. The van der Waals surface area contributed by atoms with Crippen molar-refractivity contribution in [1.82, 2.24) is 9.13 Å². The summed E-state index contributed by atoms with van der Waals surface area (Å²) in [7, 11) is 3.29. The lowest BCUT2D eigenvalue weighted by molar-refractivity contribution is 0.495. The highest BCUT2D eigenvalue weighted by Crippen LogP contribution is 2.25. The summed E-state index contributed by atoms with van der Waals surface area (Å²) in [6.07, 6.45) is 11.0. The van der Waals surface area contributed by atoms with Crippen molar-refractivity contribution in [2.45, 2.75) is 71.1 Å². The third-order valence-corrected chi connectivity index (χ3v) is 4.23. The fourth-order valence-corrected chi connectivity index (χ4v) is 2.84. The molecule has 0 aliphatic carbocycles. The van der Waals surface area contributed by atoms with Crippen LogP contribution in [-0.4, -0.2) is 9.13 Å². The van der Waals surface area contributed by atoms with Gasteiger partial charge >= 0.3 is 5.69 Å². The van der Waals surface area contributed by atoms with Gasteiger partial charge in [0.25, 0.3) is 5.56 Å². The van der Waals surface area contributed by atoms with Crippen LogP contribution in [0, 0.1) is 0 Å². The number of rotatable bonds is 9. The fraction of sp³-hybridized carbons (Fsp3) is 0.765. The van der Waals surface area contributed by atoms with Gasteiger partial charge in [-0.2, -0.15) is 0 Å². The van der Waals surface area contributed by atoms with Gasteiger partial charge in [-0.05, 0) is 18.8 Å². The van der Waals surface area contributed by atoms with E-state index < -0.39 is 0 Å². The standard InChI is InChI=1S/C17H30N2O2/c1-5-7-9-10-12-14(11-8-6-2)15-13-18(3)17(21)19(4)16(15)20/h13-14H,5-12H2,1-4H3. The van der Waals surface area contributed by atoms with Crippen molar-refractivity contribution < 1.29 is 0 Å². The van der Waals surface area contributed by atoms with Crippen molar-refractivity contribution in [2.24, 2.45) is 14.1 Å². The summed E-state index contributed by atoms with van der Waals surface area (Å²) in [5.74, 6) is 0.285. The lowest BCUT2D eigenvalue weighted by Gasteiger charge is -2.18. The summed E-state index contributed by atoms with van der Waals surface area (Å²) in [5.41, 5.74) is 0.447. The minimum atomic E-state index is -0.246. The molecule has 1 unspecified atom stereocenters. The molecule has 0 aromatic carbocycles. The number of aromatic nitrogens is 2. The average molecular weight is 294 g/mol. The van der Waals surface area contributed by atoms with Crippen LogP contribution in [0.1, 0.15) is 76.7 Å². The average Bonchev–Trinajstić information content (AvgIpc) is 2.48. The maximum atomic E-state index is 12.4. The Hall–Kier alpha value is -1.32. The van der Waals surface area contributed by atoms with Gasteiger partial charge in [-0.15, -0.1) is 0 Å². The molecular formula is C17H30N2O2. The maximum Gasteiger partial charge on any atom is 0.330 e. The van der Waals surface area contributed by atoms with Crippen molar-refractivity contribution in [2.75, 3.05) is 0 Å². The molecular weight excluding hydrogens is 264 g/mol. The number of aryl methyl sites for hydroxylation is 1. The Kier molecular flexibility index (Phi) is 7.48. The summed E-state index contributed by atoms with van der Waals surface area (Å²) < 4.78 is 2.77. The summed E-state index contributed by atoms with van der Waals surface area (Å²) in [6, 6.07) is 0. The van der Waals surface area contributed by atoms with Gasteiger partial charge in [-0.1, -0.05) is 52.4 Å². The SMILES string of the molecule is CCCCCCC(CCCC)c1cn(C)c(=O)n(C)c1=O. The summed E-state index contributed by atoms with van der Waals surface area (Å²) in [4.78, 5) is 24.2. The van der Waals surface area contributed by atoms with Crippen LogP contribution in [0.4, 0.5) is 0 Å². The Balaban J connectivity index is 2.97. The topological polar surface area (TPSA) is 44.0 Å².